The van der Waals surface area contributed by atoms with Gasteiger partial charge in [0.2, 0.25) is 0 Å². The summed E-state index contributed by atoms with van der Waals surface area (Å²) in [5.74, 6) is -0.490. The molecule has 0 aromatic heterocycles. The Morgan fingerprint density at radius 1 is 1.43 bits per heavy atom. The molecule has 1 fully saturated rings. The van der Waals surface area contributed by atoms with E-state index in [-0.39, 0.29) is 19.1 Å². The zero-order chi connectivity index (χ0) is 15.6. The molecule has 0 radical (unpaired) electrons. The van der Waals surface area contributed by atoms with Crippen LogP contribution in [0, 0.1) is 5.41 Å². The first-order valence-electron chi connectivity index (χ1n) is 6.41. The summed E-state index contributed by atoms with van der Waals surface area (Å²) in [6.07, 6.45) is 0.468. The van der Waals surface area contributed by atoms with Crippen LogP contribution in [0.1, 0.15) is 13.3 Å². The molecular weight excluding hydrogens is 406 g/mol. The van der Waals surface area contributed by atoms with Gasteiger partial charge in [0.05, 0.1) is 9.89 Å². The number of rotatable bonds is 4. The van der Waals surface area contributed by atoms with Crippen LogP contribution >= 0.6 is 31.9 Å². The highest BCUT2D eigenvalue weighted by atomic mass is 79.9. The third kappa shape index (κ3) is 3.77. The van der Waals surface area contributed by atoms with Crippen LogP contribution in [0.2, 0.25) is 0 Å². The summed E-state index contributed by atoms with van der Waals surface area (Å²) in [4.78, 5) is 24.8. The van der Waals surface area contributed by atoms with Gasteiger partial charge in [-0.1, -0.05) is 15.9 Å². The number of carbonyl (C=O) groups is 2. The molecule has 1 saturated heterocycles. The molecule has 21 heavy (non-hydrogen) atoms. The van der Waals surface area contributed by atoms with Crippen LogP contribution < -0.4 is 4.74 Å². The van der Waals surface area contributed by atoms with Crippen molar-refractivity contribution in [1.29, 1.82) is 0 Å². The van der Waals surface area contributed by atoms with E-state index in [4.69, 9.17) is 9.84 Å². The summed E-state index contributed by atoms with van der Waals surface area (Å²) in [7, 11) is 0. The summed E-state index contributed by atoms with van der Waals surface area (Å²) in [6.45, 7) is 2.24. The Morgan fingerprint density at radius 2 is 2.14 bits per heavy atom. The molecule has 1 atom stereocenters. The smallest absolute Gasteiger partial charge is 0.311 e. The van der Waals surface area contributed by atoms with Gasteiger partial charge < -0.3 is 14.7 Å². The van der Waals surface area contributed by atoms with E-state index in [0.717, 1.165) is 8.95 Å². The van der Waals surface area contributed by atoms with Crippen LogP contribution in [-0.4, -0.2) is 41.6 Å². The highest BCUT2D eigenvalue weighted by Gasteiger charge is 2.42. The Hall–Kier alpha value is -1.08. The monoisotopic (exact) mass is 419 g/mol. The average Bonchev–Trinajstić information content (AvgIpc) is 2.82. The zero-order valence-electron chi connectivity index (χ0n) is 11.4. The minimum Gasteiger partial charge on any atom is -0.483 e. The Morgan fingerprint density at radius 3 is 2.71 bits per heavy atom. The molecule has 1 aliphatic rings. The number of nitrogens with zero attached hydrogens (tertiary/aromatic N) is 1. The van der Waals surface area contributed by atoms with Gasteiger partial charge in [-0.2, -0.15) is 0 Å². The molecule has 5 nitrogen and oxygen atoms in total. The Labute approximate surface area is 139 Å². The molecule has 1 heterocycles. The third-order valence-corrected chi connectivity index (χ3v) is 4.70. The molecule has 0 bridgehead atoms. The van der Waals surface area contributed by atoms with Crippen molar-refractivity contribution in [3.63, 3.8) is 0 Å². The van der Waals surface area contributed by atoms with Gasteiger partial charge in [-0.25, -0.2) is 0 Å². The van der Waals surface area contributed by atoms with Gasteiger partial charge in [0.15, 0.2) is 6.61 Å². The second kappa shape index (κ2) is 6.36. The molecule has 0 spiro atoms. The topological polar surface area (TPSA) is 66.8 Å². The molecule has 1 aromatic carbocycles. The number of hydrogen-bond donors (Lipinski definition) is 1. The van der Waals surface area contributed by atoms with Crippen molar-refractivity contribution in [2.75, 3.05) is 19.7 Å². The molecule has 1 aliphatic heterocycles. The molecule has 1 aromatic rings. The summed E-state index contributed by atoms with van der Waals surface area (Å²) in [6, 6.07) is 5.41. The van der Waals surface area contributed by atoms with Crippen molar-refractivity contribution < 1.29 is 19.4 Å². The molecule has 0 saturated carbocycles. The number of benzene rings is 1. The standard InChI is InChI=1S/C14H15Br2NO4/c1-14(13(19)20)4-5-17(8-14)12(18)7-21-11-3-2-9(15)6-10(11)16/h2-3,6H,4-5,7-8H2,1H3,(H,19,20). The van der Waals surface area contributed by atoms with Crippen LogP contribution in [0.4, 0.5) is 0 Å². The molecule has 7 heteroatoms. The second-order valence-electron chi connectivity index (χ2n) is 5.29. The molecule has 1 unspecified atom stereocenters. The van der Waals surface area contributed by atoms with Crippen molar-refractivity contribution >= 4 is 43.7 Å². The van der Waals surface area contributed by atoms with Gasteiger partial charge in [0.1, 0.15) is 5.75 Å². The normalized spacial score (nSPS) is 21.4. The van der Waals surface area contributed by atoms with Gasteiger partial charge in [-0.05, 0) is 47.5 Å². The lowest BCUT2D eigenvalue weighted by Crippen LogP contribution is -2.37. The summed E-state index contributed by atoms with van der Waals surface area (Å²) < 4.78 is 7.15. The fourth-order valence-electron chi connectivity index (χ4n) is 2.17. The van der Waals surface area contributed by atoms with Crippen LogP contribution in [0.15, 0.2) is 27.1 Å². The van der Waals surface area contributed by atoms with E-state index in [1.165, 1.54) is 0 Å². The fourth-order valence-corrected chi connectivity index (χ4v) is 3.33. The number of carboxylic acid groups (broad SMARTS) is 1. The van der Waals surface area contributed by atoms with Crippen molar-refractivity contribution in [3.05, 3.63) is 27.1 Å². The largest absolute Gasteiger partial charge is 0.483 e. The molecule has 0 aliphatic carbocycles. The molecule has 1 amide bonds. The first kappa shape index (κ1) is 16.3. The quantitative estimate of drug-likeness (QED) is 0.813. The number of likely N-dealkylation sites (tertiary alicyclic amines) is 1. The van der Waals surface area contributed by atoms with E-state index in [0.29, 0.717) is 18.7 Å². The lowest BCUT2D eigenvalue weighted by Gasteiger charge is -2.20. The lowest BCUT2D eigenvalue weighted by molar-refractivity contribution is -0.147. The van der Waals surface area contributed by atoms with Gasteiger partial charge >= 0.3 is 5.97 Å². The highest BCUT2D eigenvalue weighted by Crippen LogP contribution is 2.31. The van der Waals surface area contributed by atoms with Gasteiger partial charge in [0.25, 0.3) is 5.91 Å². The average molecular weight is 421 g/mol. The third-order valence-electron chi connectivity index (χ3n) is 3.59. The van der Waals surface area contributed by atoms with E-state index < -0.39 is 11.4 Å². The first-order valence-corrected chi connectivity index (χ1v) is 7.99. The Kier molecular flexibility index (Phi) is 4.93. The van der Waals surface area contributed by atoms with E-state index in [1.54, 1.807) is 17.9 Å². The van der Waals surface area contributed by atoms with Gasteiger partial charge in [-0.3, -0.25) is 9.59 Å². The Balaban J connectivity index is 1.93. The van der Waals surface area contributed by atoms with Gasteiger partial charge in [0, 0.05) is 17.6 Å². The first-order chi connectivity index (χ1) is 9.82. The Bertz CT molecular complexity index is 578. The van der Waals surface area contributed by atoms with Gasteiger partial charge in [-0.15, -0.1) is 0 Å². The van der Waals surface area contributed by atoms with Crippen molar-refractivity contribution in [1.82, 2.24) is 4.90 Å². The van der Waals surface area contributed by atoms with E-state index in [9.17, 15) is 9.59 Å². The number of hydrogen-bond acceptors (Lipinski definition) is 3. The number of aliphatic carboxylic acids is 1. The summed E-state index contributed by atoms with van der Waals surface area (Å²) >= 11 is 6.70. The van der Waals surface area contributed by atoms with E-state index in [2.05, 4.69) is 31.9 Å². The van der Waals surface area contributed by atoms with Crippen LogP contribution in [0.25, 0.3) is 0 Å². The number of halogens is 2. The maximum atomic E-state index is 12.1. The highest BCUT2D eigenvalue weighted by molar-refractivity contribution is 9.11. The maximum Gasteiger partial charge on any atom is 0.311 e. The molecule has 114 valence electrons. The van der Waals surface area contributed by atoms with E-state index in [1.807, 2.05) is 12.1 Å². The lowest BCUT2D eigenvalue weighted by atomic mass is 9.90. The number of carboxylic acids is 1. The van der Waals surface area contributed by atoms with Crippen LogP contribution in [0.5, 0.6) is 5.75 Å². The predicted octanol–water partition coefficient (Wildman–Crippen LogP) is 2.91. The number of amides is 1. The zero-order valence-corrected chi connectivity index (χ0v) is 14.6. The van der Waals surface area contributed by atoms with E-state index >= 15 is 0 Å². The molecular formula is C14H15Br2NO4. The van der Waals surface area contributed by atoms with Crippen molar-refractivity contribution in [2.45, 2.75) is 13.3 Å². The number of ether oxygens (including phenoxy) is 1. The van der Waals surface area contributed by atoms with Crippen molar-refractivity contribution in [3.8, 4) is 5.75 Å². The minimum absolute atomic E-state index is 0.101. The van der Waals surface area contributed by atoms with Crippen LogP contribution in [-0.2, 0) is 9.59 Å². The molecule has 2 rings (SSSR count). The number of carbonyl (C=O) groups excluding carboxylic acids is 1. The second-order valence-corrected chi connectivity index (χ2v) is 7.06. The summed E-state index contributed by atoms with van der Waals surface area (Å²) in [5.41, 5.74) is -0.853. The van der Waals surface area contributed by atoms with Crippen molar-refractivity contribution in [2.24, 2.45) is 5.41 Å². The minimum atomic E-state index is -0.866. The SMILES string of the molecule is CC1(C(=O)O)CCN(C(=O)COc2ccc(Br)cc2Br)C1. The van der Waals surface area contributed by atoms with Crippen LogP contribution in [0.3, 0.4) is 0 Å². The summed E-state index contributed by atoms with van der Waals surface area (Å²) in [5, 5.41) is 9.16. The molecule has 1 N–H and O–H groups in total. The fraction of sp³-hybridized carbons (Fsp3) is 0.429. The predicted molar refractivity (Wildman–Crippen MR) is 84.3 cm³/mol. The maximum absolute atomic E-state index is 12.1.